The van der Waals surface area contributed by atoms with Crippen molar-refractivity contribution in [3.63, 3.8) is 0 Å². The molecule has 15 heteroatoms. The number of hydrogen-bond donors (Lipinski definition) is 7. The van der Waals surface area contributed by atoms with Gasteiger partial charge in [-0.25, -0.2) is 18.1 Å². The summed E-state index contributed by atoms with van der Waals surface area (Å²) in [4.78, 5) is 59.4. The number of carbonyl (C=O) groups excluding carboxylic acids is 3. The first-order chi connectivity index (χ1) is 26.3. The van der Waals surface area contributed by atoms with Gasteiger partial charge in [-0.1, -0.05) is 89.6 Å². The van der Waals surface area contributed by atoms with Gasteiger partial charge >= 0.3 is 5.97 Å². The number of hydrogen-bond acceptors (Lipinski definition) is 8. The number of carboxylic acid groups (broad SMARTS) is 1. The molecule has 3 rings (SSSR count). The number of unbranched alkanes of at least 4 members (excludes halogenated alkanes) is 2. The molecule has 0 saturated heterocycles. The highest BCUT2D eigenvalue weighted by Crippen LogP contribution is 2.29. The second-order valence-corrected chi connectivity index (χ2v) is 17.3. The van der Waals surface area contributed by atoms with Gasteiger partial charge in [0.25, 0.3) is 0 Å². The van der Waals surface area contributed by atoms with Gasteiger partial charge in [-0.05, 0) is 55.4 Å². The number of aliphatic hydroxyl groups is 1. The lowest BCUT2D eigenvalue weighted by Gasteiger charge is -2.34. The van der Waals surface area contributed by atoms with Crippen LogP contribution in [0.15, 0.2) is 42.9 Å². The van der Waals surface area contributed by atoms with Crippen molar-refractivity contribution in [2.45, 2.75) is 141 Å². The molecule has 1 aromatic carbocycles. The second-order valence-electron chi connectivity index (χ2n) is 15.4. The molecule has 14 nitrogen and oxygen atoms in total. The Kier molecular flexibility index (Phi) is 19.8. The van der Waals surface area contributed by atoms with Crippen LogP contribution in [0.2, 0.25) is 0 Å². The predicted molar refractivity (Wildman–Crippen MR) is 211 cm³/mol. The molecule has 308 valence electrons. The van der Waals surface area contributed by atoms with E-state index in [1.807, 2.05) is 44.2 Å². The molecule has 5 atom stereocenters. The fourth-order valence-electron chi connectivity index (χ4n) is 7.18. The lowest BCUT2D eigenvalue weighted by Crippen LogP contribution is -2.57. The van der Waals surface area contributed by atoms with E-state index < -0.39 is 52.0 Å². The minimum atomic E-state index is -3.45. The number of aromatic nitrogens is 2. The van der Waals surface area contributed by atoms with Gasteiger partial charge in [0.05, 0.1) is 29.9 Å². The molecule has 1 saturated carbocycles. The van der Waals surface area contributed by atoms with Crippen molar-refractivity contribution in [3.05, 3.63) is 54.1 Å². The lowest BCUT2D eigenvalue weighted by atomic mass is 9.81. The molecule has 0 unspecified atom stereocenters. The standard InChI is InChI=1S/C40H64N6O8S/c1-4-20-55(53,54)43-25-31(28(2)3)23-36(47)33(21-29-14-8-5-9-15-29)45-40(52)35(24-32-26-41-27-42-32)46-39(51)34(22-30-16-10-6-11-17-30)44-37(48)18-12-7-13-19-38(49)50/h6,10-11,16-17,26-29,31,33-36,43,47H,4-5,7-9,12-15,18-25H2,1-3H3,(H,41,42)(H,44,48)(H,45,52)(H,46,51)(H,49,50)/t31-,33+,34+,35+,36+/m1/s1. The van der Waals surface area contributed by atoms with E-state index in [2.05, 4.69) is 30.6 Å². The third-order valence-electron chi connectivity index (χ3n) is 10.5. The van der Waals surface area contributed by atoms with E-state index in [0.717, 1.165) is 37.7 Å². The van der Waals surface area contributed by atoms with Gasteiger partial charge < -0.3 is 31.1 Å². The van der Waals surface area contributed by atoms with E-state index in [1.54, 1.807) is 13.1 Å². The Morgan fingerprint density at radius 1 is 0.909 bits per heavy atom. The summed E-state index contributed by atoms with van der Waals surface area (Å²) >= 11 is 0. The average molecular weight is 789 g/mol. The number of carbonyl (C=O) groups is 4. The fraction of sp³-hybridized carbons (Fsp3) is 0.675. The Labute approximate surface area is 326 Å². The maximum atomic E-state index is 14.3. The molecule has 1 heterocycles. The number of aliphatic hydroxyl groups excluding tert-OH is 1. The van der Waals surface area contributed by atoms with Crippen LogP contribution in [0.5, 0.6) is 0 Å². The molecule has 3 amide bonds. The third kappa shape index (κ3) is 17.7. The predicted octanol–water partition coefficient (Wildman–Crippen LogP) is 4.01. The Morgan fingerprint density at radius 3 is 2.22 bits per heavy atom. The Balaban J connectivity index is 1.81. The lowest BCUT2D eigenvalue weighted by molar-refractivity contribution is -0.137. The van der Waals surface area contributed by atoms with E-state index in [-0.39, 0.29) is 62.1 Å². The maximum absolute atomic E-state index is 14.3. The molecule has 0 bridgehead atoms. The molecular weight excluding hydrogens is 725 g/mol. The number of nitrogens with zero attached hydrogens (tertiary/aromatic N) is 1. The minimum Gasteiger partial charge on any atom is -0.481 e. The van der Waals surface area contributed by atoms with Crippen LogP contribution < -0.4 is 20.7 Å². The number of sulfonamides is 1. The number of rotatable bonds is 26. The van der Waals surface area contributed by atoms with Crippen molar-refractivity contribution in [1.29, 1.82) is 0 Å². The van der Waals surface area contributed by atoms with Gasteiger partial charge in [-0.3, -0.25) is 19.2 Å². The highest BCUT2D eigenvalue weighted by Gasteiger charge is 2.33. The van der Waals surface area contributed by atoms with Crippen molar-refractivity contribution < 1.29 is 37.8 Å². The molecule has 0 radical (unpaired) electrons. The number of nitrogens with one attached hydrogen (secondary N) is 5. The van der Waals surface area contributed by atoms with Crippen LogP contribution in [-0.4, -0.2) is 88.8 Å². The molecule has 1 aromatic heterocycles. The summed E-state index contributed by atoms with van der Waals surface area (Å²) in [5.41, 5.74) is 1.35. The quantitative estimate of drug-likeness (QED) is 0.0684. The Hall–Kier alpha value is -3.82. The molecule has 7 N–H and O–H groups in total. The van der Waals surface area contributed by atoms with Crippen LogP contribution in [0.3, 0.4) is 0 Å². The molecule has 1 aliphatic rings. The zero-order valence-corrected chi connectivity index (χ0v) is 33.6. The first-order valence-electron chi connectivity index (χ1n) is 20.0. The SMILES string of the molecule is CCCS(=O)(=O)NC[C@@H](C[C@H](O)[C@H](CC1CCCCC1)NC(=O)[C@H](Cc1c[nH]cn1)NC(=O)[C@H](Cc1ccccc1)NC(=O)CCCCCC(=O)O)C(C)C. The zero-order valence-electron chi connectivity index (χ0n) is 32.8. The van der Waals surface area contributed by atoms with Gasteiger partial charge in [0, 0.05) is 38.4 Å². The molecule has 0 aliphatic heterocycles. The number of aromatic amines is 1. The van der Waals surface area contributed by atoms with Crippen LogP contribution >= 0.6 is 0 Å². The highest BCUT2D eigenvalue weighted by molar-refractivity contribution is 7.89. The summed E-state index contributed by atoms with van der Waals surface area (Å²) in [6, 6.07) is 6.48. The number of aliphatic carboxylic acids is 1. The van der Waals surface area contributed by atoms with E-state index in [4.69, 9.17) is 5.11 Å². The first-order valence-corrected chi connectivity index (χ1v) is 21.7. The fourth-order valence-corrected chi connectivity index (χ4v) is 8.33. The molecule has 0 spiro atoms. The summed E-state index contributed by atoms with van der Waals surface area (Å²) in [6.45, 7) is 5.95. The number of H-pyrrole nitrogens is 1. The van der Waals surface area contributed by atoms with Crippen molar-refractivity contribution in [2.75, 3.05) is 12.3 Å². The largest absolute Gasteiger partial charge is 0.481 e. The topological polar surface area (TPSA) is 220 Å². The zero-order chi connectivity index (χ0) is 40.2. The summed E-state index contributed by atoms with van der Waals surface area (Å²) in [7, 11) is -3.45. The normalized spacial score (nSPS) is 16.5. The van der Waals surface area contributed by atoms with Gasteiger partial charge in [0.1, 0.15) is 12.1 Å². The van der Waals surface area contributed by atoms with Crippen molar-refractivity contribution in [1.82, 2.24) is 30.6 Å². The molecule has 55 heavy (non-hydrogen) atoms. The van der Waals surface area contributed by atoms with Crippen LogP contribution in [-0.2, 0) is 42.0 Å². The summed E-state index contributed by atoms with van der Waals surface area (Å²) < 4.78 is 27.6. The first kappa shape index (κ1) is 45.6. The van der Waals surface area contributed by atoms with Crippen molar-refractivity contribution in [3.8, 4) is 0 Å². The van der Waals surface area contributed by atoms with E-state index in [1.165, 1.54) is 6.33 Å². The molecule has 1 aliphatic carbocycles. The average Bonchev–Trinajstić information content (AvgIpc) is 3.66. The van der Waals surface area contributed by atoms with E-state index in [0.29, 0.717) is 43.7 Å². The summed E-state index contributed by atoms with van der Waals surface area (Å²) in [5.74, 6) is -2.11. The van der Waals surface area contributed by atoms with Crippen LogP contribution in [0.4, 0.5) is 0 Å². The van der Waals surface area contributed by atoms with Crippen LogP contribution in [0.1, 0.15) is 115 Å². The van der Waals surface area contributed by atoms with E-state index >= 15 is 0 Å². The van der Waals surface area contributed by atoms with Gasteiger partial charge in [0.15, 0.2) is 0 Å². The van der Waals surface area contributed by atoms with Crippen LogP contribution in [0.25, 0.3) is 0 Å². The van der Waals surface area contributed by atoms with Crippen LogP contribution in [0, 0.1) is 17.8 Å². The van der Waals surface area contributed by atoms with Gasteiger partial charge in [-0.15, -0.1) is 0 Å². The number of benzene rings is 1. The second kappa shape index (κ2) is 24.0. The summed E-state index contributed by atoms with van der Waals surface area (Å²) in [6.07, 6.45) is 10.6. The van der Waals surface area contributed by atoms with Gasteiger partial charge in [-0.2, -0.15) is 0 Å². The number of carboxylic acids is 1. The van der Waals surface area contributed by atoms with Crippen molar-refractivity contribution >= 4 is 33.7 Å². The maximum Gasteiger partial charge on any atom is 0.303 e. The van der Waals surface area contributed by atoms with Crippen molar-refractivity contribution in [2.24, 2.45) is 17.8 Å². The smallest absolute Gasteiger partial charge is 0.303 e. The monoisotopic (exact) mass is 788 g/mol. The van der Waals surface area contributed by atoms with Gasteiger partial charge in [0.2, 0.25) is 27.7 Å². The minimum absolute atomic E-state index is 0.0221. The Morgan fingerprint density at radius 2 is 1.58 bits per heavy atom. The third-order valence-corrected chi connectivity index (χ3v) is 12.0. The number of amides is 3. The molecular formula is C40H64N6O8S. The Bertz CT molecular complexity index is 1550. The van der Waals surface area contributed by atoms with E-state index in [9.17, 15) is 32.7 Å². The summed E-state index contributed by atoms with van der Waals surface area (Å²) in [5, 5.41) is 29.5. The molecule has 1 fully saturated rings. The highest BCUT2D eigenvalue weighted by atomic mass is 32.2. The molecule has 2 aromatic rings. The number of imidazole rings is 1.